The Hall–Kier alpha value is -7.68. The van der Waals surface area contributed by atoms with E-state index in [1.807, 2.05) is 0 Å². The van der Waals surface area contributed by atoms with E-state index in [4.69, 9.17) is 23.7 Å². The third kappa shape index (κ3) is 8.78. The average Bonchev–Trinajstić information content (AvgIpc) is 3.16. The molecule has 0 amide bonds. The van der Waals surface area contributed by atoms with Crippen molar-refractivity contribution < 1.29 is 62.6 Å². The summed E-state index contributed by atoms with van der Waals surface area (Å²) in [6, 6.07) is 16.4. The van der Waals surface area contributed by atoms with Crippen LogP contribution in [0.2, 0.25) is 0 Å². The molecule has 4 aromatic rings. The van der Waals surface area contributed by atoms with Gasteiger partial charge in [-0.15, -0.1) is 0 Å². The van der Waals surface area contributed by atoms with Crippen molar-refractivity contribution in [3.05, 3.63) is 160 Å². The number of esters is 4. The molecular formula is C33H22N4O17. The van der Waals surface area contributed by atoms with Gasteiger partial charge in [0.1, 0.15) is 0 Å². The van der Waals surface area contributed by atoms with Gasteiger partial charge in [-0.05, 0) is 48.5 Å². The van der Waals surface area contributed by atoms with Crippen molar-refractivity contribution in [3.63, 3.8) is 0 Å². The van der Waals surface area contributed by atoms with Crippen LogP contribution in [0.15, 0.2) is 97.1 Å². The molecule has 0 aliphatic carbocycles. The van der Waals surface area contributed by atoms with E-state index in [0.29, 0.717) is 0 Å². The number of carbonyl (C=O) groups excluding carboxylic acids is 4. The standard InChI is InChI=1S/C33H22N4O17/c38-29(18-1-9-22(10-2-18)34(42)43)51-26-17-50-33(54-32(41)21-7-15-25(16-8-21)37(48)49)28(53-31(40)20-5-13-24(14-6-20)36(46)47)27(26)52-30(39)19-3-11-23(12-4-19)35(44)45/h1-16,26-28,33H,17H2/t26-,27-,28-,33-/m1/s1. The van der Waals surface area contributed by atoms with E-state index < -0.39 is 74.8 Å². The van der Waals surface area contributed by atoms with Crippen molar-refractivity contribution in [3.8, 4) is 0 Å². The first-order valence-corrected chi connectivity index (χ1v) is 15.1. The zero-order chi connectivity index (χ0) is 39.1. The SMILES string of the molecule is O=C(O[C@H]1OC[C@@H](OC(=O)c2ccc([N+](=O)[O-])cc2)[C@@H](OC(=O)c2ccc([N+](=O)[O-])cc2)[C@H]1OC(=O)c1ccc([N+](=O)[O-])cc1)c1ccc([N+](=O)[O-])cc1. The summed E-state index contributed by atoms with van der Waals surface area (Å²) in [5.41, 5.74) is -2.41. The summed E-state index contributed by atoms with van der Waals surface area (Å²) in [4.78, 5) is 94.8. The van der Waals surface area contributed by atoms with E-state index in [0.717, 1.165) is 97.1 Å². The number of benzene rings is 4. The van der Waals surface area contributed by atoms with Gasteiger partial charge in [0.05, 0.1) is 48.6 Å². The molecule has 21 nitrogen and oxygen atoms in total. The van der Waals surface area contributed by atoms with Crippen LogP contribution < -0.4 is 0 Å². The van der Waals surface area contributed by atoms with E-state index >= 15 is 0 Å². The Bertz CT molecular complexity index is 1970. The molecule has 0 saturated carbocycles. The minimum absolute atomic E-state index is 0.202. The Kier molecular flexibility index (Phi) is 11.2. The molecule has 276 valence electrons. The molecule has 0 spiro atoms. The van der Waals surface area contributed by atoms with E-state index in [9.17, 15) is 59.6 Å². The van der Waals surface area contributed by atoms with Gasteiger partial charge in [0.15, 0.2) is 12.2 Å². The molecule has 1 fully saturated rings. The maximum atomic E-state index is 13.4. The van der Waals surface area contributed by atoms with Crippen LogP contribution in [0.4, 0.5) is 22.7 Å². The van der Waals surface area contributed by atoms with Crippen LogP contribution in [-0.4, -0.2) is 74.8 Å². The van der Waals surface area contributed by atoms with Gasteiger partial charge in [0.25, 0.3) is 22.7 Å². The smallest absolute Gasteiger partial charge is 0.340 e. The van der Waals surface area contributed by atoms with Crippen LogP contribution in [0.3, 0.4) is 0 Å². The van der Waals surface area contributed by atoms with Gasteiger partial charge < -0.3 is 23.7 Å². The number of hydrogen-bond donors (Lipinski definition) is 0. The number of carbonyl (C=O) groups is 4. The molecule has 0 N–H and O–H groups in total. The second-order valence-electron chi connectivity index (χ2n) is 11.0. The number of nitrogens with zero attached hydrogens (tertiary/aromatic N) is 4. The van der Waals surface area contributed by atoms with E-state index in [1.54, 1.807) is 0 Å². The summed E-state index contributed by atoms with van der Waals surface area (Å²) in [7, 11) is 0. The second kappa shape index (κ2) is 16.1. The largest absolute Gasteiger partial charge is 0.452 e. The predicted octanol–water partition coefficient (Wildman–Crippen LogP) is 4.51. The lowest BCUT2D eigenvalue weighted by Crippen LogP contribution is -2.58. The minimum Gasteiger partial charge on any atom is -0.452 e. The Labute approximate surface area is 300 Å². The van der Waals surface area contributed by atoms with E-state index in [1.165, 1.54) is 0 Å². The number of non-ortho nitro benzene ring substituents is 4. The summed E-state index contributed by atoms with van der Waals surface area (Å²) in [5, 5.41) is 44.4. The first-order valence-electron chi connectivity index (χ1n) is 15.1. The summed E-state index contributed by atoms with van der Waals surface area (Å²) in [6.07, 6.45) is -7.43. The molecular weight excluding hydrogens is 724 g/mol. The summed E-state index contributed by atoms with van der Waals surface area (Å²) < 4.78 is 27.9. The van der Waals surface area contributed by atoms with Gasteiger partial charge in [-0.25, -0.2) is 19.2 Å². The molecule has 0 aromatic heterocycles. The average molecular weight is 747 g/mol. The fourth-order valence-electron chi connectivity index (χ4n) is 4.85. The van der Waals surface area contributed by atoms with Crippen molar-refractivity contribution in [2.24, 2.45) is 0 Å². The highest BCUT2D eigenvalue weighted by atomic mass is 16.7. The van der Waals surface area contributed by atoms with Gasteiger partial charge in [-0.2, -0.15) is 0 Å². The molecule has 0 unspecified atom stereocenters. The fourth-order valence-corrected chi connectivity index (χ4v) is 4.85. The molecule has 0 bridgehead atoms. The highest BCUT2D eigenvalue weighted by Gasteiger charge is 2.50. The molecule has 1 saturated heterocycles. The highest BCUT2D eigenvalue weighted by Crippen LogP contribution is 2.29. The van der Waals surface area contributed by atoms with Gasteiger partial charge in [0.2, 0.25) is 12.4 Å². The first-order chi connectivity index (χ1) is 25.7. The van der Waals surface area contributed by atoms with Crippen LogP contribution in [0.1, 0.15) is 41.4 Å². The molecule has 4 aromatic carbocycles. The Morgan fingerprint density at radius 2 is 0.722 bits per heavy atom. The van der Waals surface area contributed by atoms with Crippen molar-refractivity contribution >= 4 is 46.6 Å². The summed E-state index contributed by atoms with van der Waals surface area (Å²) in [5.74, 6) is -4.68. The molecule has 5 rings (SSSR count). The Balaban J connectivity index is 1.51. The van der Waals surface area contributed by atoms with Crippen LogP contribution in [0.25, 0.3) is 0 Å². The van der Waals surface area contributed by atoms with Crippen LogP contribution in [-0.2, 0) is 23.7 Å². The Morgan fingerprint density at radius 1 is 0.444 bits per heavy atom. The molecule has 1 aliphatic rings. The van der Waals surface area contributed by atoms with Crippen molar-refractivity contribution in [1.82, 2.24) is 0 Å². The molecule has 1 heterocycles. The summed E-state index contributed by atoms with van der Waals surface area (Å²) >= 11 is 0. The highest BCUT2D eigenvalue weighted by molar-refractivity contribution is 5.92. The van der Waals surface area contributed by atoms with Crippen LogP contribution in [0, 0.1) is 40.5 Å². The van der Waals surface area contributed by atoms with Gasteiger partial charge in [-0.1, -0.05) is 0 Å². The number of ether oxygens (including phenoxy) is 5. The van der Waals surface area contributed by atoms with Gasteiger partial charge in [0, 0.05) is 48.5 Å². The Morgan fingerprint density at radius 3 is 1.04 bits per heavy atom. The maximum Gasteiger partial charge on any atom is 0.340 e. The van der Waals surface area contributed by atoms with Crippen molar-refractivity contribution in [2.45, 2.75) is 24.6 Å². The number of nitro benzene ring substituents is 4. The van der Waals surface area contributed by atoms with E-state index in [2.05, 4.69) is 0 Å². The summed E-state index contributed by atoms with van der Waals surface area (Å²) in [6.45, 7) is -0.694. The third-order valence-electron chi connectivity index (χ3n) is 7.61. The lowest BCUT2D eigenvalue weighted by molar-refractivity contribution is -0.385. The quantitative estimate of drug-likeness (QED) is 0.0833. The lowest BCUT2D eigenvalue weighted by Gasteiger charge is -2.40. The lowest BCUT2D eigenvalue weighted by atomic mass is 10.0. The van der Waals surface area contributed by atoms with Crippen molar-refractivity contribution in [2.75, 3.05) is 6.61 Å². The van der Waals surface area contributed by atoms with Crippen molar-refractivity contribution in [1.29, 1.82) is 0 Å². The normalized spacial score (nSPS) is 17.6. The van der Waals surface area contributed by atoms with Gasteiger partial charge >= 0.3 is 23.9 Å². The number of hydrogen-bond acceptors (Lipinski definition) is 17. The fraction of sp³-hybridized carbons (Fsp3) is 0.152. The minimum atomic E-state index is -1.97. The molecule has 21 heteroatoms. The molecule has 54 heavy (non-hydrogen) atoms. The zero-order valence-corrected chi connectivity index (χ0v) is 27.0. The van der Waals surface area contributed by atoms with Gasteiger partial charge in [-0.3, -0.25) is 40.5 Å². The predicted molar refractivity (Wildman–Crippen MR) is 175 cm³/mol. The topological polar surface area (TPSA) is 287 Å². The molecule has 4 atom stereocenters. The number of nitro groups is 4. The van der Waals surface area contributed by atoms with E-state index in [-0.39, 0.29) is 45.0 Å². The second-order valence-corrected chi connectivity index (χ2v) is 11.0. The number of rotatable bonds is 12. The first kappa shape index (κ1) is 37.6. The third-order valence-corrected chi connectivity index (χ3v) is 7.61. The molecule has 0 radical (unpaired) electrons. The molecule has 1 aliphatic heterocycles. The van der Waals surface area contributed by atoms with Crippen LogP contribution >= 0.6 is 0 Å². The van der Waals surface area contributed by atoms with Crippen LogP contribution in [0.5, 0.6) is 0 Å². The zero-order valence-electron chi connectivity index (χ0n) is 27.0. The maximum absolute atomic E-state index is 13.4. The monoisotopic (exact) mass is 746 g/mol.